The van der Waals surface area contributed by atoms with Crippen LogP contribution in [0.2, 0.25) is 0 Å². The predicted molar refractivity (Wildman–Crippen MR) is 122 cm³/mol. The van der Waals surface area contributed by atoms with Crippen molar-refractivity contribution >= 4 is 17.7 Å². The minimum atomic E-state index is -1.10. The van der Waals surface area contributed by atoms with Gasteiger partial charge in [0.2, 0.25) is 5.91 Å². The van der Waals surface area contributed by atoms with Crippen molar-refractivity contribution in [1.29, 1.82) is 0 Å². The van der Waals surface area contributed by atoms with Crippen LogP contribution in [0.4, 0.5) is 4.39 Å². The summed E-state index contributed by atoms with van der Waals surface area (Å²) in [5.41, 5.74) is -0.649. The Kier molecular flexibility index (Phi) is 7.50. The molecule has 178 valence electrons. The second-order valence-corrected chi connectivity index (χ2v) is 9.01. The van der Waals surface area contributed by atoms with Crippen molar-refractivity contribution in [3.05, 3.63) is 53.4 Å². The highest BCUT2D eigenvalue weighted by molar-refractivity contribution is 6.07. The van der Waals surface area contributed by atoms with E-state index in [9.17, 15) is 18.8 Å². The van der Waals surface area contributed by atoms with Gasteiger partial charge in [-0.2, -0.15) is 0 Å². The molecule has 3 amide bonds. The minimum Gasteiger partial charge on any atom is -0.354 e. The van der Waals surface area contributed by atoms with E-state index in [-0.39, 0.29) is 30.4 Å². The Morgan fingerprint density at radius 2 is 1.97 bits per heavy atom. The predicted octanol–water partition coefficient (Wildman–Crippen LogP) is 2.74. The van der Waals surface area contributed by atoms with Crippen LogP contribution in [-0.2, 0) is 17.9 Å². The fourth-order valence-corrected chi connectivity index (χ4v) is 3.99. The third kappa shape index (κ3) is 5.07. The summed E-state index contributed by atoms with van der Waals surface area (Å²) >= 11 is 0. The molecule has 9 heteroatoms. The number of nitrogens with one attached hydrogen (secondary N) is 2. The van der Waals surface area contributed by atoms with Crippen molar-refractivity contribution < 1.29 is 18.8 Å². The molecule has 0 unspecified atom stereocenters. The van der Waals surface area contributed by atoms with E-state index in [1.54, 1.807) is 29.7 Å². The molecule has 0 aliphatic carbocycles. The van der Waals surface area contributed by atoms with E-state index in [2.05, 4.69) is 29.5 Å². The number of benzene rings is 1. The Bertz CT molecular complexity index is 1030. The van der Waals surface area contributed by atoms with Gasteiger partial charge in [0.25, 0.3) is 11.8 Å². The SMILES string of the molecule is CCCN1C(=O)c2c(C(=O)NCc3ccccc3F)ncn2C[C@@]1(C)C(=O)NCCC(C)C. The van der Waals surface area contributed by atoms with Gasteiger partial charge in [-0.05, 0) is 31.7 Å². The number of hydrogen-bond donors (Lipinski definition) is 2. The Morgan fingerprint density at radius 1 is 1.24 bits per heavy atom. The molecule has 33 heavy (non-hydrogen) atoms. The lowest BCUT2D eigenvalue weighted by Gasteiger charge is -2.43. The molecule has 0 spiro atoms. The Morgan fingerprint density at radius 3 is 2.64 bits per heavy atom. The summed E-state index contributed by atoms with van der Waals surface area (Å²) < 4.78 is 15.4. The van der Waals surface area contributed by atoms with Gasteiger partial charge in [-0.15, -0.1) is 0 Å². The summed E-state index contributed by atoms with van der Waals surface area (Å²) in [6, 6.07) is 6.15. The van der Waals surface area contributed by atoms with E-state index in [1.165, 1.54) is 17.3 Å². The van der Waals surface area contributed by atoms with Crippen molar-refractivity contribution in [3.63, 3.8) is 0 Å². The zero-order valence-electron chi connectivity index (χ0n) is 19.7. The lowest BCUT2D eigenvalue weighted by Crippen LogP contribution is -2.64. The molecule has 0 saturated carbocycles. The number of amides is 3. The summed E-state index contributed by atoms with van der Waals surface area (Å²) in [4.78, 5) is 45.1. The molecule has 0 saturated heterocycles. The Hall–Kier alpha value is -3.23. The minimum absolute atomic E-state index is 0.0271. The second-order valence-electron chi connectivity index (χ2n) is 9.01. The number of halogens is 1. The van der Waals surface area contributed by atoms with Crippen molar-refractivity contribution in [2.45, 2.75) is 59.2 Å². The molecular weight excluding hydrogens is 425 g/mol. The summed E-state index contributed by atoms with van der Waals surface area (Å²) in [7, 11) is 0. The lowest BCUT2D eigenvalue weighted by molar-refractivity contribution is -0.132. The van der Waals surface area contributed by atoms with Crippen LogP contribution in [0.1, 0.15) is 67.1 Å². The van der Waals surface area contributed by atoms with Crippen molar-refractivity contribution in [1.82, 2.24) is 25.1 Å². The molecule has 2 heterocycles. The molecule has 0 bridgehead atoms. The van der Waals surface area contributed by atoms with Gasteiger partial charge in [0.05, 0.1) is 12.9 Å². The maximum Gasteiger partial charge on any atom is 0.273 e. The zero-order valence-corrected chi connectivity index (χ0v) is 19.7. The number of aromatic nitrogens is 2. The van der Waals surface area contributed by atoms with Crippen LogP contribution in [0.15, 0.2) is 30.6 Å². The molecular formula is C24H32FN5O3. The number of hydrogen-bond acceptors (Lipinski definition) is 4. The monoisotopic (exact) mass is 457 g/mol. The average Bonchev–Trinajstić information content (AvgIpc) is 3.19. The molecule has 2 aromatic rings. The van der Waals surface area contributed by atoms with Crippen LogP contribution >= 0.6 is 0 Å². The fourth-order valence-electron chi connectivity index (χ4n) is 3.99. The Labute approximate surface area is 193 Å². The van der Waals surface area contributed by atoms with Crippen molar-refractivity contribution in [2.75, 3.05) is 13.1 Å². The van der Waals surface area contributed by atoms with Gasteiger partial charge in [0, 0.05) is 25.2 Å². The van der Waals surface area contributed by atoms with Gasteiger partial charge in [-0.3, -0.25) is 14.4 Å². The number of imidazole rings is 1. The number of carbonyl (C=O) groups excluding carboxylic acids is 3. The number of nitrogens with zero attached hydrogens (tertiary/aromatic N) is 3. The third-order valence-electron chi connectivity index (χ3n) is 5.92. The maximum absolute atomic E-state index is 13.9. The maximum atomic E-state index is 13.9. The molecule has 1 atom stereocenters. The van der Waals surface area contributed by atoms with E-state index in [0.717, 1.165) is 6.42 Å². The number of fused-ring (bicyclic) bond motifs is 1. The van der Waals surface area contributed by atoms with Crippen LogP contribution in [0.5, 0.6) is 0 Å². The molecule has 8 nitrogen and oxygen atoms in total. The number of rotatable bonds is 9. The molecule has 2 N–H and O–H groups in total. The van der Waals surface area contributed by atoms with Gasteiger partial charge in [0.1, 0.15) is 17.1 Å². The number of carbonyl (C=O) groups is 3. The summed E-state index contributed by atoms with van der Waals surface area (Å²) in [6.45, 7) is 8.89. The van der Waals surface area contributed by atoms with E-state index in [0.29, 0.717) is 31.0 Å². The first-order valence-corrected chi connectivity index (χ1v) is 11.4. The molecule has 0 radical (unpaired) electrons. The molecule has 1 aliphatic rings. The standard InChI is InChI=1S/C24H32FN5O3/c1-5-12-30-22(32)20-19(21(31)27-13-17-8-6-7-9-18(17)25)28-15-29(20)14-24(30,4)23(33)26-11-10-16(2)3/h6-9,15-16H,5,10-14H2,1-4H3,(H,26,33)(H,27,31)/t24-/m0/s1. The lowest BCUT2D eigenvalue weighted by atomic mass is 9.93. The van der Waals surface area contributed by atoms with Gasteiger partial charge >= 0.3 is 0 Å². The topological polar surface area (TPSA) is 96.3 Å². The van der Waals surface area contributed by atoms with Gasteiger partial charge in [-0.1, -0.05) is 39.0 Å². The third-order valence-corrected chi connectivity index (χ3v) is 5.92. The molecule has 1 aliphatic heterocycles. The van der Waals surface area contributed by atoms with Crippen molar-refractivity contribution in [2.24, 2.45) is 5.92 Å². The van der Waals surface area contributed by atoms with Crippen LogP contribution in [0.25, 0.3) is 0 Å². The summed E-state index contributed by atoms with van der Waals surface area (Å²) in [5.74, 6) is -1.19. The second kappa shape index (κ2) is 10.1. The highest BCUT2D eigenvalue weighted by Gasteiger charge is 2.48. The van der Waals surface area contributed by atoms with E-state index in [4.69, 9.17) is 0 Å². The highest BCUT2D eigenvalue weighted by atomic mass is 19.1. The molecule has 1 aromatic heterocycles. The van der Waals surface area contributed by atoms with Gasteiger partial charge in [-0.25, -0.2) is 9.37 Å². The largest absolute Gasteiger partial charge is 0.354 e. The fraction of sp³-hybridized carbons (Fsp3) is 0.500. The van der Waals surface area contributed by atoms with E-state index < -0.39 is 23.2 Å². The quantitative estimate of drug-likeness (QED) is 0.605. The smallest absolute Gasteiger partial charge is 0.273 e. The Balaban J connectivity index is 1.83. The van der Waals surface area contributed by atoms with Crippen LogP contribution in [0, 0.1) is 11.7 Å². The summed E-state index contributed by atoms with van der Waals surface area (Å²) in [6.07, 6.45) is 2.91. The first kappa shape index (κ1) is 24.4. The zero-order chi connectivity index (χ0) is 24.2. The first-order chi connectivity index (χ1) is 15.7. The van der Waals surface area contributed by atoms with Crippen molar-refractivity contribution in [3.8, 4) is 0 Å². The van der Waals surface area contributed by atoms with Crippen LogP contribution in [0.3, 0.4) is 0 Å². The molecule has 0 fully saturated rings. The van der Waals surface area contributed by atoms with Crippen LogP contribution < -0.4 is 10.6 Å². The van der Waals surface area contributed by atoms with E-state index >= 15 is 0 Å². The van der Waals surface area contributed by atoms with Gasteiger partial charge in [0.15, 0.2) is 5.69 Å². The summed E-state index contributed by atoms with van der Waals surface area (Å²) in [5, 5.41) is 5.59. The van der Waals surface area contributed by atoms with Crippen LogP contribution in [-0.4, -0.2) is 50.8 Å². The first-order valence-electron chi connectivity index (χ1n) is 11.4. The van der Waals surface area contributed by atoms with E-state index in [1.807, 2.05) is 6.92 Å². The highest BCUT2D eigenvalue weighted by Crippen LogP contribution is 2.29. The average molecular weight is 458 g/mol. The molecule has 3 rings (SSSR count). The normalized spacial score (nSPS) is 17.8. The molecule has 1 aromatic carbocycles. The van der Waals surface area contributed by atoms with Gasteiger partial charge < -0.3 is 20.1 Å².